The number of nitrogens with zero attached hydrogens (tertiary/aromatic N) is 2. The van der Waals surface area contributed by atoms with E-state index in [-0.39, 0.29) is 18.7 Å². The number of alkyl halides is 3. The fourth-order valence-corrected chi connectivity index (χ4v) is 1.79. The quantitative estimate of drug-likeness (QED) is 0.903. The van der Waals surface area contributed by atoms with E-state index in [1.54, 1.807) is 11.8 Å². The van der Waals surface area contributed by atoms with E-state index in [0.717, 1.165) is 12.1 Å². The minimum atomic E-state index is -4.59. The summed E-state index contributed by atoms with van der Waals surface area (Å²) in [6.45, 7) is 2.40. The van der Waals surface area contributed by atoms with Crippen LogP contribution in [-0.2, 0) is 6.18 Å². The predicted octanol–water partition coefficient (Wildman–Crippen LogP) is 3.14. The molecule has 0 unspecified atom stereocenters. The number of halogens is 3. The van der Waals surface area contributed by atoms with Gasteiger partial charge in [0, 0.05) is 13.1 Å². The van der Waals surface area contributed by atoms with Gasteiger partial charge in [0.15, 0.2) is 0 Å². The molecule has 0 bridgehead atoms. The van der Waals surface area contributed by atoms with E-state index in [1.165, 1.54) is 0 Å². The molecule has 1 aromatic rings. The number of aromatic carboxylic acids is 1. The van der Waals surface area contributed by atoms with Gasteiger partial charge in [0.1, 0.15) is 0 Å². The van der Waals surface area contributed by atoms with Gasteiger partial charge >= 0.3 is 12.1 Å². The van der Waals surface area contributed by atoms with Gasteiger partial charge in [0.05, 0.1) is 29.3 Å². The number of benzene rings is 1. The van der Waals surface area contributed by atoms with Gasteiger partial charge in [-0.2, -0.15) is 18.4 Å². The summed E-state index contributed by atoms with van der Waals surface area (Å²) >= 11 is 0. The van der Waals surface area contributed by atoms with Crippen LogP contribution in [0.5, 0.6) is 0 Å². The number of anilines is 1. The van der Waals surface area contributed by atoms with E-state index in [4.69, 9.17) is 10.4 Å². The summed E-state index contributed by atoms with van der Waals surface area (Å²) in [7, 11) is 0. The summed E-state index contributed by atoms with van der Waals surface area (Å²) in [5.74, 6) is -1.43. The summed E-state index contributed by atoms with van der Waals surface area (Å²) in [5.41, 5.74) is -1.24. The van der Waals surface area contributed by atoms with Gasteiger partial charge in [-0.1, -0.05) is 0 Å². The maximum atomic E-state index is 12.6. The van der Waals surface area contributed by atoms with Crippen molar-refractivity contribution >= 4 is 11.7 Å². The van der Waals surface area contributed by atoms with E-state index in [2.05, 4.69) is 0 Å². The second kappa shape index (κ2) is 6.28. The first-order valence-electron chi connectivity index (χ1n) is 5.87. The van der Waals surface area contributed by atoms with Crippen molar-refractivity contribution in [2.45, 2.75) is 19.5 Å². The SMILES string of the molecule is CCN(CCC#N)c1ccc(C(F)(F)F)cc1C(=O)O. The van der Waals surface area contributed by atoms with Crippen LogP contribution in [-0.4, -0.2) is 24.2 Å². The largest absolute Gasteiger partial charge is 0.478 e. The van der Waals surface area contributed by atoms with Crippen molar-refractivity contribution in [2.75, 3.05) is 18.0 Å². The zero-order valence-corrected chi connectivity index (χ0v) is 10.7. The molecular weight excluding hydrogens is 273 g/mol. The van der Waals surface area contributed by atoms with Gasteiger partial charge in [0.2, 0.25) is 0 Å². The predicted molar refractivity (Wildman–Crippen MR) is 66.5 cm³/mol. The van der Waals surface area contributed by atoms with Crippen LogP contribution in [0.3, 0.4) is 0 Å². The Hall–Kier alpha value is -2.23. The summed E-state index contributed by atoms with van der Waals surface area (Å²) in [5, 5.41) is 17.6. The molecule has 0 aliphatic rings. The summed E-state index contributed by atoms with van der Waals surface area (Å²) in [6.07, 6.45) is -4.43. The molecule has 0 amide bonds. The molecule has 0 saturated heterocycles. The number of rotatable bonds is 5. The van der Waals surface area contributed by atoms with Crippen molar-refractivity contribution in [1.82, 2.24) is 0 Å². The highest BCUT2D eigenvalue weighted by atomic mass is 19.4. The molecule has 0 heterocycles. The molecule has 1 aromatic carbocycles. The molecule has 108 valence electrons. The summed E-state index contributed by atoms with van der Waals surface area (Å²) in [4.78, 5) is 12.7. The van der Waals surface area contributed by atoms with Crippen molar-refractivity contribution in [3.8, 4) is 6.07 Å². The normalized spacial score (nSPS) is 10.9. The van der Waals surface area contributed by atoms with Crippen molar-refractivity contribution in [3.63, 3.8) is 0 Å². The first-order valence-corrected chi connectivity index (χ1v) is 5.87. The molecule has 20 heavy (non-hydrogen) atoms. The molecule has 0 spiro atoms. The smallest absolute Gasteiger partial charge is 0.416 e. The zero-order valence-electron chi connectivity index (χ0n) is 10.7. The molecule has 1 rings (SSSR count). The molecular formula is C13H13F3N2O2. The van der Waals surface area contributed by atoms with E-state index in [0.29, 0.717) is 12.6 Å². The molecule has 0 fully saturated rings. The van der Waals surface area contributed by atoms with Crippen LogP contribution in [0.2, 0.25) is 0 Å². The summed E-state index contributed by atoms with van der Waals surface area (Å²) < 4.78 is 37.8. The Morgan fingerprint density at radius 1 is 1.45 bits per heavy atom. The van der Waals surface area contributed by atoms with Crippen molar-refractivity contribution in [2.24, 2.45) is 0 Å². The Bertz CT molecular complexity index is 535. The number of hydrogen-bond donors (Lipinski definition) is 1. The third-order valence-corrected chi connectivity index (χ3v) is 2.77. The van der Waals surface area contributed by atoms with Crippen LogP contribution in [0.15, 0.2) is 18.2 Å². The maximum absolute atomic E-state index is 12.6. The molecule has 1 N–H and O–H groups in total. The lowest BCUT2D eigenvalue weighted by Gasteiger charge is -2.24. The molecule has 0 aliphatic carbocycles. The Morgan fingerprint density at radius 3 is 2.55 bits per heavy atom. The lowest BCUT2D eigenvalue weighted by Crippen LogP contribution is -2.26. The van der Waals surface area contributed by atoms with Crippen molar-refractivity contribution in [3.05, 3.63) is 29.3 Å². The number of carboxylic acids is 1. The second-order valence-corrected chi connectivity index (χ2v) is 4.02. The van der Waals surface area contributed by atoms with Gasteiger partial charge in [-0.05, 0) is 25.1 Å². The first kappa shape index (κ1) is 15.8. The van der Waals surface area contributed by atoms with E-state index < -0.39 is 23.3 Å². The Balaban J connectivity index is 3.26. The molecule has 0 saturated carbocycles. The highest BCUT2D eigenvalue weighted by molar-refractivity contribution is 5.94. The Morgan fingerprint density at radius 2 is 2.10 bits per heavy atom. The van der Waals surface area contributed by atoms with Crippen molar-refractivity contribution in [1.29, 1.82) is 5.26 Å². The van der Waals surface area contributed by atoms with Crippen molar-refractivity contribution < 1.29 is 23.1 Å². The van der Waals surface area contributed by atoms with Crippen LogP contribution in [0.1, 0.15) is 29.3 Å². The lowest BCUT2D eigenvalue weighted by atomic mass is 10.1. The van der Waals surface area contributed by atoms with Crippen LogP contribution < -0.4 is 4.90 Å². The topological polar surface area (TPSA) is 64.3 Å². The van der Waals surface area contributed by atoms with Crippen LogP contribution >= 0.6 is 0 Å². The van der Waals surface area contributed by atoms with E-state index in [1.807, 2.05) is 6.07 Å². The number of carboxylic acid groups (broad SMARTS) is 1. The highest BCUT2D eigenvalue weighted by Gasteiger charge is 2.32. The fraction of sp³-hybridized carbons (Fsp3) is 0.385. The van der Waals surface area contributed by atoms with Crippen LogP contribution in [0, 0.1) is 11.3 Å². The van der Waals surface area contributed by atoms with Gasteiger partial charge in [-0.25, -0.2) is 4.79 Å². The second-order valence-electron chi connectivity index (χ2n) is 4.02. The minimum Gasteiger partial charge on any atom is -0.478 e. The van der Waals surface area contributed by atoms with Gasteiger partial charge in [0.25, 0.3) is 0 Å². The van der Waals surface area contributed by atoms with Gasteiger partial charge in [-0.15, -0.1) is 0 Å². The van der Waals surface area contributed by atoms with Crippen LogP contribution in [0.25, 0.3) is 0 Å². The molecule has 0 aromatic heterocycles. The zero-order chi connectivity index (χ0) is 15.3. The lowest BCUT2D eigenvalue weighted by molar-refractivity contribution is -0.137. The minimum absolute atomic E-state index is 0.161. The third kappa shape index (κ3) is 3.63. The van der Waals surface area contributed by atoms with Crippen LogP contribution in [0.4, 0.5) is 18.9 Å². The standard InChI is InChI=1S/C13H13F3N2O2/c1-2-18(7-3-6-17)11-5-4-9(13(14,15)16)8-10(11)12(19)20/h4-5,8H,2-3,7H2,1H3,(H,19,20). The maximum Gasteiger partial charge on any atom is 0.416 e. The molecule has 0 aliphatic heterocycles. The first-order chi connectivity index (χ1) is 9.31. The monoisotopic (exact) mass is 286 g/mol. The summed E-state index contributed by atoms with van der Waals surface area (Å²) in [6, 6.07) is 4.51. The van der Waals surface area contributed by atoms with Gasteiger partial charge in [-0.3, -0.25) is 0 Å². The van der Waals surface area contributed by atoms with Gasteiger partial charge < -0.3 is 10.0 Å². The average Bonchev–Trinajstić information content (AvgIpc) is 2.38. The fourth-order valence-electron chi connectivity index (χ4n) is 1.79. The number of nitriles is 1. The van der Waals surface area contributed by atoms with E-state index in [9.17, 15) is 18.0 Å². The molecule has 0 atom stereocenters. The highest BCUT2D eigenvalue weighted by Crippen LogP contribution is 2.33. The number of hydrogen-bond acceptors (Lipinski definition) is 3. The Kier molecular flexibility index (Phi) is 4.97. The average molecular weight is 286 g/mol. The van der Waals surface area contributed by atoms with E-state index >= 15 is 0 Å². The number of carbonyl (C=O) groups is 1. The molecule has 0 radical (unpaired) electrons. The molecule has 4 nitrogen and oxygen atoms in total. The molecule has 7 heteroatoms. The third-order valence-electron chi connectivity index (χ3n) is 2.77. The Labute approximate surface area is 114 Å².